The Labute approximate surface area is 158 Å². The molecule has 9 heteroatoms. The van der Waals surface area contributed by atoms with Gasteiger partial charge in [0.2, 0.25) is 0 Å². The number of aromatic nitrogens is 3. The molecule has 3 rings (SSSR count). The second-order valence-electron chi connectivity index (χ2n) is 5.18. The van der Waals surface area contributed by atoms with Crippen LogP contribution in [0, 0.1) is 5.82 Å². The Morgan fingerprint density at radius 1 is 1.35 bits per heavy atom. The fourth-order valence-corrected chi connectivity index (χ4v) is 3.27. The van der Waals surface area contributed by atoms with E-state index in [4.69, 9.17) is 20.8 Å². The van der Waals surface area contributed by atoms with Crippen LogP contribution in [-0.2, 0) is 22.7 Å². The topological polar surface area (TPSA) is 70.2 Å². The number of thioether (sulfide) groups is 1. The van der Waals surface area contributed by atoms with Crippen LogP contribution in [0.1, 0.15) is 12.5 Å². The standard InChI is InChI=1S/C17H15ClFN3O3S/c1-2-22-16(14-7-4-8-24-14)20-21-17(22)26-10-15(23)25-9-11-12(18)5-3-6-13(11)19/h3-8H,2,9-10H2,1H3. The van der Waals surface area contributed by atoms with Crippen LogP contribution in [-0.4, -0.2) is 26.5 Å². The molecule has 6 nitrogen and oxygen atoms in total. The molecule has 1 aromatic carbocycles. The highest BCUT2D eigenvalue weighted by molar-refractivity contribution is 7.99. The van der Waals surface area contributed by atoms with Crippen LogP contribution >= 0.6 is 23.4 Å². The molecule has 0 amide bonds. The largest absolute Gasteiger partial charge is 0.461 e. The number of nitrogens with zero attached hydrogens (tertiary/aromatic N) is 3. The molecule has 26 heavy (non-hydrogen) atoms. The number of furan rings is 1. The highest BCUT2D eigenvalue weighted by atomic mass is 35.5. The van der Waals surface area contributed by atoms with Crippen LogP contribution in [0.3, 0.4) is 0 Å². The van der Waals surface area contributed by atoms with Crippen molar-refractivity contribution < 1.29 is 18.3 Å². The van der Waals surface area contributed by atoms with Gasteiger partial charge in [0.25, 0.3) is 0 Å². The number of esters is 1. The molecule has 0 aliphatic rings. The summed E-state index contributed by atoms with van der Waals surface area (Å²) in [6.45, 7) is 2.34. The molecule has 0 spiro atoms. The van der Waals surface area contributed by atoms with E-state index in [9.17, 15) is 9.18 Å². The molecule has 0 saturated heterocycles. The first-order valence-electron chi connectivity index (χ1n) is 7.78. The fourth-order valence-electron chi connectivity index (χ4n) is 2.26. The zero-order chi connectivity index (χ0) is 18.5. The molecule has 0 aliphatic carbocycles. The van der Waals surface area contributed by atoms with E-state index < -0.39 is 11.8 Å². The molecule has 0 unspecified atom stereocenters. The smallest absolute Gasteiger partial charge is 0.316 e. The quantitative estimate of drug-likeness (QED) is 0.441. The minimum Gasteiger partial charge on any atom is -0.461 e. The molecular weight excluding hydrogens is 381 g/mol. The van der Waals surface area contributed by atoms with Gasteiger partial charge < -0.3 is 9.15 Å². The fraction of sp³-hybridized carbons (Fsp3) is 0.235. The summed E-state index contributed by atoms with van der Waals surface area (Å²) in [6.07, 6.45) is 1.56. The van der Waals surface area contributed by atoms with Crippen LogP contribution < -0.4 is 0 Å². The number of ether oxygens (including phenoxy) is 1. The van der Waals surface area contributed by atoms with E-state index in [0.717, 1.165) is 0 Å². The summed E-state index contributed by atoms with van der Waals surface area (Å²) >= 11 is 7.10. The molecule has 0 fully saturated rings. The lowest BCUT2D eigenvalue weighted by atomic mass is 10.2. The third kappa shape index (κ3) is 4.08. The Kier molecular flexibility index (Phi) is 5.95. The SMILES string of the molecule is CCn1c(SCC(=O)OCc2c(F)cccc2Cl)nnc1-c1ccco1. The number of hydrogen-bond acceptors (Lipinski definition) is 6. The van der Waals surface area contributed by atoms with Crippen LogP contribution in [0.15, 0.2) is 46.2 Å². The van der Waals surface area contributed by atoms with Crippen molar-refractivity contribution in [1.29, 1.82) is 0 Å². The molecule has 0 saturated carbocycles. The number of carbonyl (C=O) groups excluding carboxylic acids is 1. The number of carbonyl (C=O) groups is 1. The second kappa shape index (κ2) is 8.37. The monoisotopic (exact) mass is 395 g/mol. The van der Waals surface area contributed by atoms with E-state index in [2.05, 4.69) is 10.2 Å². The normalized spacial score (nSPS) is 10.9. The minimum absolute atomic E-state index is 0.0162. The first-order chi connectivity index (χ1) is 12.6. The molecule has 0 bridgehead atoms. The zero-order valence-electron chi connectivity index (χ0n) is 13.8. The molecule has 0 atom stereocenters. The average molecular weight is 396 g/mol. The van der Waals surface area contributed by atoms with Crippen LogP contribution in [0.2, 0.25) is 5.02 Å². The molecule has 3 aromatic rings. The maximum absolute atomic E-state index is 13.7. The van der Waals surface area contributed by atoms with Gasteiger partial charge in [-0.05, 0) is 31.2 Å². The maximum atomic E-state index is 13.7. The van der Waals surface area contributed by atoms with Crippen molar-refractivity contribution >= 4 is 29.3 Å². The Hall–Kier alpha value is -2.32. The summed E-state index contributed by atoms with van der Waals surface area (Å²) in [5, 5.41) is 8.98. The summed E-state index contributed by atoms with van der Waals surface area (Å²) in [7, 11) is 0. The van der Waals surface area contributed by atoms with E-state index in [1.807, 2.05) is 11.5 Å². The van der Waals surface area contributed by atoms with Gasteiger partial charge in [0, 0.05) is 12.1 Å². The van der Waals surface area contributed by atoms with Gasteiger partial charge in [-0.15, -0.1) is 10.2 Å². The molecular formula is C17H15ClFN3O3S. The van der Waals surface area contributed by atoms with Gasteiger partial charge in [0.1, 0.15) is 12.4 Å². The average Bonchev–Trinajstić information content (AvgIpc) is 3.28. The lowest BCUT2D eigenvalue weighted by Crippen LogP contribution is -2.09. The number of halogens is 2. The lowest BCUT2D eigenvalue weighted by molar-refractivity contribution is -0.141. The molecule has 0 radical (unpaired) electrons. The number of benzene rings is 1. The van der Waals surface area contributed by atoms with E-state index in [1.165, 1.54) is 23.9 Å². The van der Waals surface area contributed by atoms with Crippen molar-refractivity contribution in [2.24, 2.45) is 0 Å². The summed E-state index contributed by atoms with van der Waals surface area (Å²) in [5.74, 6) is 0.197. The van der Waals surface area contributed by atoms with Gasteiger partial charge in [0.15, 0.2) is 16.7 Å². The van der Waals surface area contributed by atoms with Gasteiger partial charge in [-0.3, -0.25) is 9.36 Å². The lowest BCUT2D eigenvalue weighted by Gasteiger charge is -2.08. The number of hydrogen-bond donors (Lipinski definition) is 0. The summed E-state index contributed by atoms with van der Waals surface area (Å²) in [6, 6.07) is 7.86. The van der Waals surface area contributed by atoms with Crippen LogP contribution in [0.25, 0.3) is 11.6 Å². The first-order valence-corrected chi connectivity index (χ1v) is 9.15. The van der Waals surface area contributed by atoms with Crippen LogP contribution in [0.5, 0.6) is 0 Å². The Bertz CT molecular complexity index is 879. The molecule has 0 N–H and O–H groups in total. The highest BCUT2D eigenvalue weighted by Gasteiger charge is 2.17. The zero-order valence-corrected chi connectivity index (χ0v) is 15.4. The predicted molar refractivity (Wildman–Crippen MR) is 95.3 cm³/mol. The van der Waals surface area contributed by atoms with Crippen molar-refractivity contribution in [3.8, 4) is 11.6 Å². The van der Waals surface area contributed by atoms with E-state index in [0.29, 0.717) is 23.3 Å². The van der Waals surface area contributed by atoms with Gasteiger partial charge in [0.05, 0.1) is 17.0 Å². The molecule has 136 valence electrons. The van der Waals surface area contributed by atoms with Gasteiger partial charge in [-0.2, -0.15) is 0 Å². The molecule has 2 aromatic heterocycles. The Morgan fingerprint density at radius 2 is 2.19 bits per heavy atom. The Morgan fingerprint density at radius 3 is 2.88 bits per heavy atom. The Balaban J connectivity index is 1.60. The van der Waals surface area contributed by atoms with Gasteiger partial charge in [-0.1, -0.05) is 29.4 Å². The van der Waals surface area contributed by atoms with Gasteiger partial charge in [-0.25, -0.2) is 4.39 Å². The summed E-state index contributed by atoms with van der Waals surface area (Å²) < 4.78 is 26.0. The van der Waals surface area contributed by atoms with Crippen LogP contribution in [0.4, 0.5) is 4.39 Å². The number of rotatable bonds is 7. The molecule has 0 aliphatic heterocycles. The highest BCUT2D eigenvalue weighted by Crippen LogP contribution is 2.25. The van der Waals surface area contributed by atoms with E-state index in [1.54, 1.807) is 24.5 Å². The van der Waals surface area contributed by atoms with Crippen molar-refractivity contribution in [3.05, 3.63) is 53.0 Å². The first kappa shape index (κ1) is 18.5. The van der Waals surface area contributed by atoms with E-state index >= 15 is 0 Å². The van der Waals surface area contributed by atoms with Crippen molar-refractivity contribution in [1.82, 2.24) is 14.8 Å². The van der Waals surface area contributed by atoms with Crippen molar-refractivity contribution in [2.45, 2.75) is 25.2 Å². The van der Waals surface area contributed by atoms with Crippen molar-refractivity contribution in [2.75, 3.05) is 5.75 Å². The van der Waals surface area contributed by atoms with Crippen molar-refractivity contribution in [3.63, 3.8) is 0 Å². The maximum Gasteiger partial charge on any atom is 0.316 e. The second-order valence-corrected chi connectivity index (χ2v) is 6.53. The third-order valence-corrected chi connectivity index (χ3v) is 4.83. The predicted octanol–water partition coefficient (Wildman–Crippen LogP) is 4.19. The van der Waals surface area contributed by atoms with E-state index in [-0.39, 0.29) is 22.9 Å². The summed E-state index contributed by atoms with van der Waals surface area (Å²) in [4.78, 5) is 12.0. The minimum atomic E-state index is -0.508. The van der Waals surface area contributed by atoms with Gasteiger partial charge >= 0.3 is 5.97 Å². The summed E-state index contributed by atoms with van der Waals surface area (Å²) in [5.41, 5.74) is 0.157. The molecule has 2 heterocycles. The third-order valence-electron chi connectivity index (χ3n) is 3.53.